The number of rotatable bonds is 6. The summed E-state index contributed by atoms with van der Waals surface area (Å²) in [6.07, 6.45) is 8.54. The number of hydrogen-bond donors (Lipinski definition) is 1. The first-order chi connectivity index (χ1) is 8.31. The third-order valence-electron chi connectivity index (χ3n) is 4.29. The van der Waals surface area contributed by atoms with Gasteiger partial charge in [0.25, 0.3) is 0 Å². The molecule has 2 aliphatic carbocycles. The third kappa shape index (κ3) is 4.13. The van der Waals surface area contributed by atoms with Crippen LogP contribution in [-0.4, -0.2) is 36.5 Å². The van der Waals surface area contributed by atoms with Crippen LogP contribution in [0.15, 0.2) is 0 Å². The van der Waals surface area contributed by atoms with Gasteiger partial charge in [-0.05, 0) is 56.9 Å². The topological polar surface area (TPSA) is 32.3 Å². The SMILES string of the molecule is Cl.O=C(CC1CCCN1)N(CC1CC1)CC1CC1. The molecule has 1 N–H and O–H groups in total. The Morgan fingerprint density at radius 3 is 2.11 bits per heavy atom. The highest BCUT2D eigenvalue weighted by atomic mass is 35.5. The van der Waals surface area contributed by atoms with Gasteiger partial charge in [-0.2, -0.15) is 0 Å². The van der Waals surface area contributed by atoms with Crippen molar-refractivity contribution in [3.05, 3.63) is 0 Å². The number of carbonyl (C=O) groups is 1. The molecule has 3 aliphatic rings. The fraction of sp³-hybridized carbons (Fsp3) is 0.929. The molecule has 2 saturated carbocycles. The second-order valence-electron chi connectivity index (χ2n) is 6.18. The van der Waals surface area contributed by atoms with Gasteiger partial charge >= 0.3 is 0 Å². The zero-order valence-electron chi connectivity index (χ0n) is 11.1. The quantitative estimate of drug-likeness (QED) is 0.804. The summed E-state index contributed by atoms with van der Waals surface area (Å²) in [5.41, 5.74) is 0. The van der Waals surface area contributed by atoms with Crippen molar-refractivity contribution in [1.82, 2.24) is 10.2 Å². The summed E-state index contributed by atoms with van der Waals surface area (Å²) in [5, 5.41) is 3.43. The van der Waals surface area contributed by atoms with Gasteiger partial charge in [-0.25, -0.2) is 0 Å². The van der Waals surface area contributed by atoms with E-state index in [4.69, 9.17) is 0 Å². The molecule has 1 heterocycles. The van der Waals surface area contributed by atoms with Gasteiger partial charge in [0.2, 0.25) is 5.91 Å². The lowest BCUT2D eigenvalue weighted by molar-refractivity contribution is -0.132. The maximum Gasteiger partial charge on any atom is 0.224 e. The highest BCUT2D eigenvalue weighted by Crippen LogP contribution is 2.34. The zero-order chi connectivity index (χ0) is 11.7. The summed E-state index contributed by atoms with van der Waals surface area (Å²) < 4.78 is 0. The Bertz CT molecular complexity index is 270. The van der Waals surface area contributed by atoms with Crippen LogP contribution < -0.4 is 5.32 Å². The first-order valence-corrected chi connectivity index (χ1v) is 7.32. The van der Waals surface area contributed by atoms with Gasteiger partial charge in [0, 0.05) is 25.6 Å². The van der Waals surface area contributed by atoms with E-state index in [2.05, 4.69) is 10.2 Å². The molecule has 1 unspecified atom stereocenters. The number of hydrogen-bond acceptors (Lipinski definition) is 2. The molecule has 3 nitrogen and oxygen atoms in total. The van der Waals surface area contributed by atoms with Crippen molar-refractivity contribution in [2.75, 3.05) is 19.6 Å². The first kappa shape index (κ1) is 14.1. The number of amides is 1. The molecule has 0 radical (unpaired) electrons. The average Bonchev–Trinajstić information content (AvgIpc) is 3.23. The molecule has 0 aromatic carbocycles. The highest BCUT2D eigenvalue weighted by molar-refractivity contribution is 5.85. The number of nitrogens with zero attached hydrogens (tertiary/aromatic N) is 1. The molecule has 1 atom stereocenters. The van der Waals surface area contributed by atoms with Gasteiger partial charge in [0.1, 0.15) is 0 Å². The molecule has 1 saturated heterocycles. The standard InChI is InChI=1S/C14H24N2O.ClH/c17-14(8-13-2-1-7-15-13)16(9-11-3-4-11)10-12-5-6-12;/h11-13,15H,1-10H2;1H. The molecule has 3 fully saturated rings. The van der Waals surface area contributed by atoms with Crippen molar-refractivity contribution in [2.45, 2.75) is 51.0 Å². The van der Waals surface area contributed by atoms with Crippen LogP contribution in [0.4, 0.5) is 0 Å². The predicted molar refractivity (Wildman–Crippen MR) is 74.9 cm³/mol. The predicted octanol–water partition coefficient (Wildman–Crippen LogP) is 2.20. The molecule has 0 aromatic heterocycles. The van der Waals surface area contributed by atoms with E-state index in [1.165, 1.54) is 38.5 Å². The van der Waals surface area contributed by atoms with Crippen LogP contribution in [0.3, 0.4) is 0 Å². The summed E-state index contributed by atoms with van der Waals surface area (Å²) in [5.74, 6) is 2.06. The van der Waals surface area contributed by atoms with Crippen molar-refractivity contribution in [1.29, 1.82) is 0 Å². The van der Waals surface area contributed by atoms with Crippen molar-refractivity contribution in [2.24, 2.45) is 11.8 Å². The molecular formula is C14H25ClN2O. The average molecular weight is 273 g/mol. The Morgan fingerprint density at radius 1 is 1.06 bits per heavy atom. The lowest BCUT2D eigenvalue weighted by Crippen LogP contribution is -2.38. The van der Waals surface area contributed by atoms with Crippen molar-refractivity contribution in [3.8, 4) is 0 Å². The van der Waals surface area contributed by atoms with E-state index in [0.717, 1.165) is 37.9 Å². The normalized spacial score (nSPS) is 26.8. The van der Waals surface area contributed by atoms with Gasteiger partial charge in [0.05, 0.1) is 0 Å². The Hall–Kier alpha value is -0.280. The third-order valence-corrected chi connectivity index (χ3v) is 4.29. The van der Waals surface area contributed by atoms with E-state index in [1.807, 2.05) is 0 Å². The molecule has 0 spiro atoms. The number of carbonyl (C=O) groups excluding carboxylic acids is 1. The fourth-order valence-electron chi connectivity index (χ4n) is 2.77. The van der Waals surface area contributed by atoms with Gasteiger partial charge in [0.15, 0.2) is 0 Å². The van der Waals surface area contributed by atoms with Gasteiger partial charge in [-0.1, -0.05) is 0 Å². The van der Waals surface area contributed by atoms with Gasteiger partial charge in [-0.15, -0.1) is 12.4 Å². The van der Waals surface area contributed by atoms with E-state index in [0.29, 0.717) is 11.9 Å². The van der Waals surface area contributed by atoms with E-state index < -0.39 is 0 Å². The maximum absolute atomic E-state index is 12.3. The second-order valence-corrected chi connectivity index (χ2v) is 6.18. The molecule has 4 heteroatoms. The van der Waals surface area contributed by atoms with Gasteiger partial charge < -0.3 is 10.2 Å². The van der Waals surface area contributed by atoms with Crippen LogP contribution in [0, 0.1) is 11.8 Å². The molecule has 104 valence electrons. The molecule has 1 aliphatic heterocycles. The summed E-state index contributed by atoms with van der Waals surface area (Å²) in [4.78, 5) is 14.5. The highest BCUT2D eigenvalue weighted by Gasteiger charge is 2.32. The minimum absolute atomic E-state index is 0. The van der Waals surface area contributed by atoms with E-state index in [-0.39, 0.29) is 12.4 Å². The molecule has 0 bridgehead atoms. The van der Waals surface area contributed by atoms with Crippen LogP contribution in [-0.2, 0) is 4.79 Å². The number of halogens is 1. The van der Waals surface area contributed by atoms with Crippen LogP contribution >= 0.6 is 12.4 Å². The lowest BCUT2D eigenvalue weighted by Gasteiger charge is -2.24. The fourth-order valence-corrected chi connectivity index (χ4v) is 2.77. The summed E-state index contributed by atoms with van der Waals surface area (Å²) >= 11 is 0. The van der Waals surface area contributed by atoms with Crippen LogP contribution in [0.2, 0.25) is 0 Å². The zero-order valence-corrected chi connectivity index (χ0v) is 11.9. The minimum atomic E-state index is 0. The Morgan fingerprint density at radius 2 is 1.67 bits per heavy atom. The Balaban J connectivity index is 0.00000120. The lowest BCUT2D eigenvalue weighted by atomic mass is 10.1. The molecule has 0 aromatic rings. The van der Waals surface area contributed by atoms with E-state index in [9.17, 15) is 4.79 Å². The Labute approximate surface area is 116 Å². The van der Waals surface area contributed by atoms with Crippen molar-refractivity contribution >= 4 is 18.3 Å². The minimum Gasteiger partial charge on any atom is -0.342 e. The molecule has 3 rings (SSSR count). The molecule has 1 amide bonds. The van der Waals surface area contributed by atoms with Gasteiger partial charge in [-0.3, -0.25) is 4.79 Å². The summed E-state index contributed by atoms with van der Waals surface area (Å²) in [7, 11) is 0. The monoisotopic (exact) mass is 272 g/mol. The maximum atomic E-state index is 12.3. The van der Waals surface area contributed by atoms with E-state index >= 15 is 0 Å². The second kappa shape index (κ2) is 6.25. The van der Waals surface area contributed by atoms with Crippen LogP contribution in [0.1, 0.15) is 44.9 Å². The van der Waals surface area contributed by atoms with E-state index in [1.54, 1.807) is 0 Å². The van der Waals surface area contributed by atoms with Crippen molar-refractivity contribution in [3.63, 3.8) is 0 Å². The van der Waals surface area contributed by atoms with Crippen LogP contribution in [0.25, 0.3) is 0 Å². The Kier molecular flexibility index (Phi) is 4.91. The summed E-state index contributed by atoms with van der Waals surface area (Å²) in [6, 6.07) is 0.461. The molecule has 18 heavy (non-hydrogen) atoms. The largest absolute Gasteiger partial charge is 0.342 e. The van der Waals surface area contributed by atoms with Crippen molar-refractivity contribution < 1.29 is 4.79 Å². The molecular weight excluding hydrogens is 248 g/mol. The first-order valence-electron chi connectivity index (χ1n) is 7.32. The van der Waals surface area contributed by atoms with Crippen LogP contribution in [0.5, 0.6) is 0 Å². The summed E-state index contributed by atoms with van der Waals surface area (Å²) in [6.45, 7) is 3.19. The smallest absolute Gasteiger partial charge is 0.224 e. The number of nitrogens with one attached hydrogen (secondary N) is 1.